The molecule has 1 saturated heterocycles. The summed E-state index contributed by atoms with van der Waals surface area (Å²) in [4.78, 5) is 19.5. The second kappa shape index (κ2) is 5.99. The third kappa shape index (κ3) is 2.90. The highest BCUT2D eigenvalue weighted by Gasteiger charge is 2.34. The molecule has 0 saturated carbocycles. The summed E-state index contributed by atoms with van der Waals surface area (Å²) in [6.07, 6.45) is 1.17. The van der Waals surface area contributed by atoms with Crippen LogP contribution in [0.3, 0.4) is 0 Å². The third-order valence-corrected chi connectivity index (χ3v) is 5.05. The molecule has 3 unspecified atom stereocenters. The number of anilines is 2. The molecule has 20 heavy (non-hydrogen) atoms. The van der Waals surface area contributed by atoms with E-state index in [0.29, 0.717) is 22.5 Å². The van der Waals surface area contributed by atoms with E-state index < -0.39 is 0 Å². The Morgan fingerprint density at radius 3 is 2.85 bits per heavy atom. The number of carbonyl (C=O) groups excluding carboxylic acids is 1. The Morgan fingerprint density at radius 2 is 2.20 bits per heavy atom. The van der Waals surface area contributed by atoms with Gasteiger partial charge in [-0.05, 0) is 32.1 Å². The van der Waals surface area contributed by atoms with Crippen LogP contribution in [-0.4, -0.2) is 34.9 Å². The number of rotatable bonds is 3. The molecule has 5 nitrogen and oxygen atoms in total. The highest BCUT2D eigenvalue weighted by atomic mass is 32.1. The van der Waals surface area contributed by atoms with E-state index in [-0.39, 0.29) is 11.9 Å². The van der Waals surface area contributed by atoms with Crippen molar-refractivity contribution < 1.29 is 4.79 Å². The molecular formula is C14H24N4OS. The molecule has 6 heteroatoms. The summed E-state index contributed by atoms with van der Waals surface area (Å²) in [6, 6.07) is 0.253. The van der Waals surface area contributed by atoms with Crippen molar-refractivity contribution in [2.75, 3.05) is 24.1 Å². The fraction of sp³-hybridized carbons (Fsp3) is 0.714. The van der Waals surface area contributed by atoms with E-state index in [2.05, 4.69) is 31.1 Å². The summed E-state index contributed by atoms with van der Waals surface area (Å²) < 4.78 is 0. The minimum Gasteiger partial charge on any atom is -0.382 e. The van der Waals surface area contributed by atoms with Gasteiger partial charge in [0.05, 0.1) is 0 Å². The number of hydrogen-bond acceptors (Lipinski definition) is 5. The SMILES string of the molecule is CCNc1nc(N)c(C(=O)N2CC(C)CC(C)C2C)s1. The zero-order chi connectivity index (χ0) is 14.9. The minimum atomic E-state index is 0.0232. The summed E-state index contributed by atoms with van der Waals surface area (Å²) in [5.41, 5.74) is 5.91. The summed E-state index contributed by atoms with van der Waals surface area (Å²) in [5, 5.41) is 3.83. The quantitative estimate of drug-likeness (QED) is 0.899. The first kappa shape index (κ1) is 15.1. The molecule has 1 aromatic rings. The maximum atomic E-state index is 12.7. The molecule has 3 atom stereocenters. The summed E-state index contributed by atoms with van der Waals surface area (Å²) in [6.45, 7) is 10.1. The van der Waals surface area contributed by atoms with E-state index >= 15 is 0 Å². The predicted octanol–water partition coefficient (Wildman–Crippen LogP) is 2.66. The van der Waals surface area contributed by atoms with Crippen molar-refractivity contribution in [1.29, 1.82) is 0 Å². The normalized spacial score (nSPS) is 26.6. The van der Waals surface area contributed by atoms with E-state index in [1.807, 2.05) is 11.8 Å². The monoisotopic (exact) mass is 296 g/mol. The van der Waals surface area contributed by atoms with Crippen LogP contribution in [0.4, 0.5) is 10.9 Å². The number of likely N-dealkylation sites (tertiary alicyclic amines) is 1. The summed E-state index contributed by atoms with van der Waals surface area (Å²) >= 11 is 1.35. The van der Waals surface area contributed by atoms with Gasteiger partial charge in [0.2, 0.25) is 0 Å². The highest BCUT2D eigenvalue weighted by molar-refractivity contribution is 7.18. The molecule has 1 aliphatic rings. The first-order valence-corrected chi connectivity index (χ1v) is 8.06. The number of amides is 1. The van der Waals surface area contributed by atoms with Gasteiger partial charge in [-0.3, -0.25) is 4.79 Å². The molecule has 2 heterocycles. The molecule has 112 valence electrons. The first-order chi connectivity index (χ1) is 9.43. The van der Waals surface area contributed by atoms with Crippen LogP contribution in [-0.2, 0) is 0 Å². The van der Waals surface area contributed by atoms with E-state index in [0.717, 1.165) is 18.2 Å². The van der Waals surface area contributed by atoms with Gasteiger partial charge >= 0.3 is 0 Å². The van der Waals surface area contributed by atoms with Crippen molar-refractivity contribution in [3.63, 3.8) is 0 Å². The third-order valence-electron chi connectivity index (χ3n) is 4.03. The van der Waals surface area contributed by atoms with Gasteiger partial charge in [-0.15, -0.1) is 0 Å². The molecule has 1 aromatic heterocycles. The van der Waals surface area contributed by atoms with Crippen molar-refractivity contribution in [3.8, 4) is 0 Å². The van der Waals surface area contributed by atoms with Crippen LogP contribution >= 0.6 is 11.3 Å². The lowest BCUT2D eigenvalue weighted by atomic mass is 9.86. The number of nitrogens with zero attached hydrogens (tertiary/aromatic N) is 2. The van der Waals surface area contributed by atoms with Gasteiger partial charge in [0.15, 0.2) is 5.13 Å². The lowest BCUT2D eigenvalue weighted by Gasteiger charge is -2.40. The van der Waals surface area contributed by atoms with Gasteiger partial charge in [0, 0.05) is 19.1 Å². The van der Waals surface area contributed by atoms with Crippen molar-refractivity contribution in [2.24, 2.45) is 11.8 Å². The van der Waals surface area contributed by atoms with E-state index in [1.165, 1.54) is 17.8 Å². The number of piperidine rings is 1. The zero-order valence-corrected chi connectivity index (χ0v) is 13.5. The van der Waals surface area contributed by atoms with Gasteiger partial charge in [-0.2, -0.15) is 0 Å². The first-order valence-electron chi connectivity index (χ1n) is 7.25. The predicted molar refractivity (Wildman–Crippen MR) is 84.1 cm³/mol. The molecule has 0 spiro atoms. The molecule has 0 aromatic carbocycles. The molecule has 1 fully saturated rings. The van der Waals surface area contributed by atoms with Crippen LogP contribution in [0.5, 0.6) is 0 Å². The number of carbonyl (C=O) groups is 1. The summed E-state index contributed by atoms with van der Waals surface area (Å²) in [5.74, 6) is 1.42. The molecule has 1 amide bonds. The highest BCUT2D eigenvalue weighted by Crippen LogP contribution is 2.32. The lowest BCUT2D eigenvalue weighted by Crippen LogP contribution is -2.48. The van der Waals surface area contributed by atoms with Crippen LogP contribution < -0.4 is 11.1 Å². The average Bonchev–Trinajstić information content (AvgIpc) is 2.74. The van der Waals surface area contributed by atoms with Crippen LogP contribution in [0.2, 0.25) is 0 Å². The number of aromatic nitrogens is 1. The maximum Gasteiger partial charge on any atom is 0.268 e. The van der Waals surface area contributed by atoms with Crippen LogP contribution in [0.25, 0.3) is 0 Å². The lowest BCUT2D eigenvalue weighted by molar-refractivity contribution is 0.0461. The number of hydrogen-bond donors (Lipinski definition) is 2. The van der Waals surface area contributed by atoms with E-state index in [1.54, 1.807) is 0 Å². The molecule has 1 aliphatic heterocycles. The standard InChI is InChI=1S/C14H24N4OS/c1-5-16-14-17-12(15)11(20-14)13(19)18-7-8(2)6-9(3)10(18)4/h8-10H,5-7,15H2,1-4H3,(H,16,17). The zero-order valence-electron chi connectivity index (χ0n) is 12.6. The molecule has 0 aliphatic carbocycles. The summed E-state index contributed by atoms with van der Waals surface area (Å²) in [7, 11) is 0. The smallest absolute Gasteiger partial charge is 0.268 e. The molecule has 0 bridgehead atoms. The fourth-order valence-corrected chi connectivity index (χ4v) is 3.73. The van der Waals surface area contributed by atoms with Crippen LogP contribution in [0, 0.1) is 11.8 Å². The molecule has 0 radical (unpaired) electrons. The Morgan fingerprint density at radius 1 is 1.50 bits per heavy atom. The van der Waals surface area contributed by atoms with Gasteiger partial charge in [-0.25, -0.2) is 4.98 Å². The topological polar surface area (TPSA) is 71.2 Å². The Hall–Kier alpha value is -1.30. The van der Waals surface area contributed by atoms with Crippen molar-refractivity contribution in [2.45, 2.75) is 40.2 Å². The van der Waals surface area contributed by atoms with E-state index in [9.17, 15) is 4.79 Å². The molecular weight excluding hydrogens is 272 g/mol. The van der Waals surface area contributed by atoms with Gasteiger partial charge < -0.3 is 16.0 Å². The fourth-order valence-electron chi connectivity index (χ4n) is 2.83. The number of nitrogen functional groups attached to an aromatic ring is 1. The maximum absolute atomic E-state index is 12.7. The Kier molecular flexibility index (Phi) is 4.52. The van der Waals surface area contributed by atoms with Crippen molar-refractivity contribution >= 4 is 28.2 Å². The molecule has 3 N–H and O–H groups in total. The van der Waals surface area contributed by atoms with Crippen molar-refractivity contribution in [3.05, 3.63) is 4.88 Å². The van der Waals surface area contributed by atoms with Crippen LogP contribution in [0.1, 0.15) is 43.8 Å². The van der Waals surface area contributed by atoms with E-state index in [4.69, 9.17) is 5.73 Å². The van der Waals surface area contributed by atoms with Crippen LogP contribution in [0.15, 0.2) is 0 Å². The number of nitrogens with two attached hydrogens (primary N) is 1. The average molecular weight is 296 g/mol. The second-order valence-electron chi connectivity index (χ2n) is 5.78. The van der Waals surface area contributed by atoms with Gasteiger partial charge in [0.1, 0.15) is 10.7 Å². The number of nitrogens with one attached hydrogen (secondary N) is 1. The molecule has 2 rings (SSSR count). The van der Waals surface area contributed by atoms with Gasteiger partial charge in [0.25, 0.3) is 5.91 Å². The van der Waals surface area contributed by atoms with Gasteiger partial charge in [-0.1, -0.05) is 25.2 Å². The second-order valence-corrected chi connectivity index (χ2v) is 6.78. The minimum absolute atomic E-state index is 0.0232. The Bertz CT molecular complexity index is 488. The largest absolute Gasteiger partial charge is 0.382 e. The Labute approximate surface area is 124 Å². The van der Waals surface area contributed by atoms with Crippen molar-refractivity contribution in [1.82, 2.24) is 9.88 Å². The number of thiazole rings is 1. The Balaban J connectivity index is 2.21.